The third-order valence-electron chi connectivity index (χ3n) is 4.44. The maximum atomic E-state index is 12.6. The first-order valence-electron chi connectivity index (χ1n) is 7.11. The van der Waals surface area contributed by atoms with Crippen LogP contribution in [0, 0.1) is 18.8 Å². The van der Waals surface area contributed by atoms with Gasteiger partial charge in [0.2, 0.25) is 10.0 Å². The van der Waals surface area contributed by atoms with Crippen molar-refractivity contribution < 1.29 is 18.3 Å². The summed E-state index contributed by atoms with van der Waals surface area (Å²) in [4.78, 5) is 11.0. The Labute approximate surface area is 129 Å². The maximum absolute atomic E-state index is 12.6. The van der Waals surface area contributed by atoms with E-state index in [0.29, 0.717) is 11.5 Å². The van der Waals surface area contributed by atoms with Crippen molar-refractivity contribution in [3.63, 3.8) is 0 Å². The Balaban J connectivity index is 2.28. The third-order valence-corrected chi connectivity index (χ3v) is 7.33. The lowest BCUT2D eigenvalue weighted by Crippen LogP contribution is -2.38. The minimum absolute atomic E-state index is 0.0767. The topological polar surface area (TPSA) is 83.5 Å². The van der Waals surface area contributed by atoms with E-state index in [-0.39, 0.29) is 21.7 Å². The lowest BCUT2D eigenvalue weighted by atomic mass is 9.94. The Kier molecular flexibility index (Phi) is 4.75. The number of nitrogens with one attached hydrogen (secondary N) is 1. The number of thiophene rings is 1. The van der Waals surface area contributed by atoms with Crippen LogP contribution in [-0.4, -0.2) is 25.5 Å². The number of rotatable bonds is 5. The Bertz CT molecular complexity index is 635. The minimum atomic E-state index is -3.79. The van der Waals surface area contributed by atoms with Gasteiger partial charge in [0.1, 0.15) is 9.77 Å². The molecule has 0 spiro atoms. The van der Waals surface area contributed by atoms with Crippen LogP contribution in [0.4, 0.5) is 0 Å². The Hall–Kier alpha value is -0.920. The van der Waals surface area contributed by atoms with E-state index in [1.165, 1.54) is 0 Å². The average Bonchev–Trinajstić information content (AvgIpc) is 2.94. The molecule has 21 heavy (non-hydrogen) atoms. The van der Waals surface area contributed by atoms with Crippen LogP contribution in [0.1, 0.15) is 48.3 Å². The van der Waals surface area contributed by atoms with E-state index in [2.05, 4.69) is 18.6 Å². The number of carbonyl (C=O) groups is 1. The largest absolute Gasteiger partial charge is 0.477 e. The molecule has 0 radical (unpaired) electrons. The fourth-order valence-corrected chi connectivity index (χ4v) is 6.16. The molecular formula is C14H21NO4S2. The Morgan fingerprint density at radius 3 is 2.67 bits per heavy atom. The summed E-state index contributed by atoms with van der Waals surface area (Å²) in [6.45, 7) is 5.81. The summed E-state index contributed by atoms with van der Waals surface area (Å²) in [5, 5.41) is 10.7. The van der Waals surface area contributed by atoms with Gasteiger partial charge in [-0.15, -0.1) is 11.3 Å². The summed E-state index contributed by atoms with van der Waals surface area (Å²) in [6.07, 6.45) is 2.86. The third kappa shape index (κ3) is 3.14. The molecule has 3 unspecified atom stereocenters. The number of carboxylic acid groups (broad SMARTS) is 1. The van der Waals surface area contributed by atoms with Gasteiger partial charge in [-0.05, 0) is 42.5 Å². The van der Waals surface area contributed by atoms with E-state index >= 15 is 0 Å². The van der Waals surface area contributed by atoms with Crippen molar-refractivity contribution in [2.24, 2.45) is 11.8 Å². The molecule has 1 aromatic heterocycles. The van der Waals surface area contributed by atoms with E-state index in [0.717, 1.165) is 30.6 Å². The highest BCUT2D eigenvalue weighted by Crippen LogP contribution is 2.35. The molecule has 118 valence electrons. The minimum Gasteiger partial charge on any atom is -0.477 e. The van der Waals surface area contributed by atoms with E-state index < -0.39 is 16.0 Å². The van der Waals surface area contributed by atoms with Gasteiger partial charge >= 0.3 is 5.97 Å². The maximum Gasteiger partial charge on any atom is 0.347 e. The zero-order chi connectivity index (χ0) is 15.8. The molecule has 3 atom stereocenters. The van der Waals surface area contributed by atoms with Crippen molar-refractivity contribution in [1.29, 1.82) is 0 Å². The standard InChI is InChI=1S/C14H21NO4S2/c1-4-10-5-6-11(9(10)3)15-21(18,19)13-8(2)7-20-12(13)14(16)17/h7,9-11,15H,4-6H2,1-3H3,(H,16,17). The van der Waals surface area contributed by atoms with Crippen LogP contribution in [0.2, 0.25) is 0 Å². The molecule has 1 aromatic rings. The van der Waals surface area contributed by atoms with Crippen LogP contribution in [0.15, 0.2) is 10.3 Å². The molecule has 5 nitrogen and oxygen atoms in total. The molecule has 0 amide bonds. The molecule has 1 aliphatic rings. The number of hydrogen-bond acceptors (Lipinski definition) is 4. The lowest BCUT2D eigenvalue weighted by molar-refractivity contribution is 0.0698. The van der Waals surface area contributed by atoms with Crippen LogP contribution in [0.5, 0.6) is 0 Å². The van der Waals surface area contributed by atoms with Gasteiger partial charge < -0.3 is 5.11 Å². The first kappa shape index (κ1) is 16.5. The number of aromatic carboxylic acids is 1. The van der Waals surface area contributed by atoms with E-state index in [9.17, 15) is 13.2 Å². The molecule has 2 N–H and O–H groups in total. The van der Waals surface area contributed by atoms with Crippen molar-refractivity contribution in [1.82, 2.24) is 4.72 Å². The summed E-state index contributed by atoms with van der Waals surface area (Å²) < 4.78 is 27.9. The van der Waals surface area contributed by atoms with Crippen LogP contribution in [0.3, 0.4) is 0 Å². The summed E-state index contributed by atoms with van der Waals surface area (Å²) in [5.41, 5.74) is 0.489. The second-order valence-corrected chi connectivity index (χ2v) is 8.25. The number of hydrogen-bond donors (Lipinski definition) is 2. The first-order valence-corrected chi connectivity index (χ1v) is 9.48. The summed E-state index contributed by atoms with van der Waals surface area (Å²) in [7, 11) is -3.79. The molecular weight excluding hydrogens is 310 g/mol. The van der Waals surface area contributed by atoms with Crippen LogP contribution >= 0.6 is 11.3 Å². The predicted molar refractivity (Wildman–Crippen MR) is 82.3 cm³/mol. The second kappa shape index (κ2) is 6.06. The van der Waals surface area contributed by atoms with Crippen LogP contribution < -0.4 is 4.72 Å². The molecule has 0 saturated heterocycles. The quantitative estimate of drug-likeness (QED) is 0.869. The number of aryl methyl sites for hydroxylation is 1. The summed E-state index contributed by atoms with van der Waals surface area (Å²) in [5.74, 6) is -0.392. The zero-order valence-electron chi connectivity index (χ0n) is 12.4. The van der Waals surface area contributed by atoms with Gasteiger partial charge in [-0.3, -0.25) is 0 Å². The monoisotopic (exact) mass is 331 g/mol. The Morgan fingerprint density at radius 1 is 1.48 bits per heavy atom. The van der Waals surface area contributed by atoms with Crippen molar-refractivity contribution in [3.05, 3.63) is 15.8 Å². The van der Waals surface area contributed by atoms with Gasteiger partial charge in [-0.1, -0.05) is 20.3 Å². The molecule has 1 aliphatic carbocycles. The number of carboxylic acids is 1. The molecule has 1 fully saturated rings. The highest BCUT2D eigenvalue weighted by atomic mass is 32.2. The average molecular weight is 331 g/mol. The Morgan fingerprint density at radius 2 is 2.14 bits per heavy atom. The summed E-state index contributed by atoms with van der Waals surface area (Å²) >= 11 is 0.956. The molecule has 0 aromatic carbocycles. The van der Waals surface area contributed by atoms with Gasteiger partial charge in [-0.25, -0.2) is 17.9 Å². The summed E-state index contributed by atoms with van der Waals surface area (Å²) in [6, 6.07) is -0.110. The van der Waals surface area contributed by atoms with E-state index in [1.807, 2.05) is 0 Å². The number of sulfonamides is 1. The van der Waals surface area contributed by atoms with Crippen molar-refractivity contribution >= 4 is 27.3 Å². The highest BCUT2D eigenvalue weighted by Gasteiger charge is 2.36. The molecule has 0 aliphatic heterocycles. The van der Waals surface area contributed by atoms with Gasteiger partial charge in [0, 0.05) is 6.04 Å². The molecule has 0 bridgehead atoms. The lowest BCUT2D eigenvalue weighted by Gasteiger charge is -2.21. The van der Waals surface area contributed by atoms with E-state index in [4.69, 9.17) is 5.11 Å². The highest BCUT2D eigenvalue weighted by molar-refractivity contribution is 7.89. The van der Waals surface area contributed by atoms with E-state index in [1.54, 1.807) is 12.3 Å². The SMILES string of the molecule is CCC1CCC(NS(=O)(=O)c2c(C)csc2C(=O)O)C1C. The second-order valence-electron chi connectivity index (χ2n) is 5.71. The van der Waals surface area contributed by atoms with Crippen molar-refractivity contribution in [2.75, 3.05) is 0 Å². The fraction of sp³-hybridized carbons (Fsp3) is 0.643. The molecule has 7 heteroatoms. The molecule has 2 rings (SSSR count). The zero-order valence-corrected chi connectivity index (χ0v) is 14.1. The molecule has 1 heterocycles. The smallest absolute Gasteiger partial charge is 0.347 e. The van der Waals surface area contributed by atoms with Gasteiger partial charge in [0.05, 0.1) is 0 Å². The van der Waals surface area contributed by atoms with Crippen molar-refractivity contribution in [3.8, 4) is 0 Å². The van der Waals surface area contributed by atoms with Crippen LogP contribution in [-0.2, 0) is 10.0 Å². The van der Waals surface area contributed by atoms with Crippen LogP contribution in [0.25, 0.3) is 0 Å². The first-order chi connectivity index (χ1) is 9.77. The fourth-order valence-electron chi connectivity index (χ4n) is 3.16. The van der Waals surface area contributed by atoms with Crippen molar-refractivity contribution in [2.45, 2.75) is 51.0 Å². The van der Waals surface area contributed by atoms with Gasteiger partial charge in [-0.2, -0.15) is 0 Å². The molecule has 1 saturated carbocycles. The normalized spacial score (nSPS) is 26.1. The van der Waals surface area contributed by atoms with Gasteiger partial charge in [0.25, 0.3) is 0 Å². The van der Waals surface area contributed by atoms with Gasteiger partial charge in [0.15, 0.2) is 0 Å². The predicted octanol–water partition coefficient (Wildman–Crippen LogP) is 2.86.